The highest BCUT2D eigenvalue weighted by Gasteiger charge is 2.29. The number of hydrogen-bond donors (Lipinski definition) is 1. The minimum atomic E-state index is -0.418. The lowest BCUT2D eigenvalue weighted by atomic mass is 9.85. The number of amides is 2. The van der Waals surface area contributed by atoms with Gasteiger partial charge in [-0.05, 0) is 62.0 Å². The van der Waals surface area contributed by atoms with Crippen LogP contribution in [0, 0.1) is 5.82 Å². The molecule has 3 rings (SSSR count). The van der Waals surface area contributed by atoms with Crippen molar-refractivity contribution in [2.75, 3.05) is 19.6 Å². The zero-order valence-corrected chi connectivity index (χ0v) is 13.5. The molecule has 2 amide bonds. The molecule has 0 saturated carbocycles. The van der Waals surface area contributed by atoms with Gasteiger partial charge in [0.1, 0.15) is 5.82 Å². The lowest BCUT2D eigenvalue weighted by molar-refractivity contribution is -0.134. The first-order valence-electron chi connectivity index (χ1n) is 8.44. The van der Waals surface area contributed by atoms with Crippen molar-refractivity contribution in [2.24, 2.45) is 0 Å². The fourth-order valence-corrected chi connectivity index (χ4v) is 3.66. The largest absolute Gasteiger partial charge is 0.304 e. The zero-order chi connectivity index (χ0) is 16.4. The normalized spacial score (nSPS) is 23.8. The van der Waals surface area contributed by atoms with Crippen LogP contribution >= 0.6 is 0 Å². The van der Waals surface area contributed by atoms with Crippen LogP contribution in [0.3, 0.4) is 0 Å². The van der Waals surface area contributed by atoms with E-state index in [4.69, 9.17) is 0 Å². The topological polar surface area (TPSA) is 49.4 Å². The molecule has 23 heavy (non-hydrogen) atoms. The number of hydrogen-bond acceptors (Lipinski definition) is 3. The van der Waals surface area contributed by atoms with Crippen LogP contribution in [-0.4, -0.2) is 36.3 Å². The summed E-state index contributed by atoms with van der Waals surface area (Å²) in [6.45, 7) is 5.21. The Kier molecular flexibility index (Phi) is 4.76. The van der Waals surface area contributed by atoms with Crippen molar-refractivity contribution in [3.63, 3.8) is 0 Å². The number of likely N-dealkylation sites (tertiary alicyclic amines) is 1. The third-order valence-corrected chi connectivity index (χ3v) is 5.14. The Bertz CT molecular complexity index is 609. The highest BCUT2D eigenvalue weighted by atomic mass is 19.1. The van der Waals surface area contributed by atoms with Crippen LogP contribution in [0.25, 0.3) is 0 Å². The summed E-state index contributed by atoms with van der Waals surface area (Å²) >= 11 is 0. The van der Waals surface area contributed by atoms with Crippen molar-refractivity contribution in [3.8, 4) is 0 Å². The Morgan fingerprint density at radius 2 is 1.96 bits per heavy atom. The van der Waals surface area contributed by atoms with Crippen molar-refractivity contribution in [3.05, 3.63) is 35.1 Å². The molecule has 0 aliphatic carbocycles. The van der Waals surface area contributed by atoms with Gasteiger partial charge in [0.05, 0.1) is 5.92 Å². The summed E-state index contributed by atoms with van der Waals surface area (Å²) in [5.74, 6) is -0.940. The van der Waals surface area contributed by atoms with E-state index in [1.54, 1.807) is 0 Å². The molecule has 0 bridgehead atoms. The van der Waals surface area contributed by atoms with Gasteiger partial charge >= 0.3 is 0 Å². The third kappa shape index (κ3) is 3.44. The first-order chi connectivity index (χ1) is 11.1. The van der Waals surface area contributed by atoms with Crippen LogP contribution in [0.5, 0.6) is 0 Å². The highest BCUT2D eigenvalue weighted by Crippen LogP contribution is 2.32. The van der Waals surface area contributed by atoms with E-state index in [1.165, 1.54) is 6.07 Å². The predicted octanol–water partition coefficient (Wildman–Crippen LogP) is 2.55. The molecule has 1 unspecified atom stereocenters. The van der Waals surface area contributed by atoms with Gasteiger partial charge in [-0.3, -0.25) is 14.9 Å². The monoisotopic (exact) mass is 318 g/mol. The Morgan fingerprint density at radius 1 is 1.22 bits per heavy atom. The number of imide groups is 1. The molecule has 1 N–H and O–H groups in total. The number of rotatable bonds is 3. The molecule has 0 aromatic heterocycles. The van der Waals surface area contributed by atoms with Crippen LogP contribution in [0.2, 0.25) is 0 Å². The Hall–Kier alpha value is -1.75. The van der Waals surface area contributed by atoms with Crippen molar-refractivity contribution < 1.29 is 14.0 Å². The molecule has 2 aliphatic rings. The Morgan fingerprint density at radius 3 is 2.57 bits per heavy atom. The average molecular weight is 318 g/mol. The molecule has 2 heterocycles. The second kappa shape index (κ2) is 6.79. The van der Waals surface area contributed by atoms with Crippen LogP contribution < -0.4 is 5.32 Å². The fourth-order valence-electron chi connectivity index (χ4n) is 3.66. The van der Waals surface area contributed by atoms with Crippen LogP contribution in [0.4, 0.5) is 4.39 Å². The molecule has 2 saturated heterocycles. The maximum atomic E-state index is 14.6. The minimum absolute atomic E-state index is 0.220. The van der Waals surface area contributed by atoms with Crippen molar-refractivity contribution >= 4 is 11.8 Å². The summed E-state index contributed by atoms with van der Waals surface area (Å²) in [4.78, 5) is 25.5. The summed E-state index contributed by atoms with van der Waals surface area (Å²) in [5.41, 5.74) is 1.43. The summed E-state index contributed by atoms with van der Waals surface area (Å²) < 4.78 is 14.6. The van der Waals surface area contributed by atoms with E-state index in [0.717, 1.165) is 38.0 Å². The molecular formula is C18H23FN2O2. The third-order valence-electron chi connectivity index (χ3n) is 5.14. The van der Waals surface area contributed by atoms with E-state index in [-0.39, 0.29) is 23.5 Å². The predicted molar refractivity (Wildman–Crippen MR) is 85.6 cm³/mol. The summed E-state index contributed by atoms with van der Waals surface area (Å²) in [6.07, 6.45) is 2.72. The minimum Gasteiger partial charge on any atom is -0.304 e. The van der Waals surface area contributed by atoms with Gasteiger partial charge in [0.2, 0.25) is 11.8 Å². The number of carbonyl (C=O) groups excluding carboxylic acids is 2. The summed E-state index contributed by atoms with van der Waals surface area (Å²) in [6, 6.07) is 5.17. The van der Waals surface area contributed by atoms with Gasteiger partial charge in [-0.2, -0.15) is 0 Å². The number of piperidine rings is 2. The van der Waals surface area contributed by atoms with Crippen molar-refractivity contribution in [1.82, 2.24) is 10.2 Å². The van der Waals surface area contributed by atoms with Crippen LogP contribution in [0.1, 0.15) is 55.6 Å². The molecule has 1 aromatic carbocycles. The molecule has 1 aromatic rings. The highest BCUT2D eigenvalue weighted by molar-refractivity contribution is 6.00. The second-order valence-corrected chi connectivity index (χ2v) is 6.49. The first-order valence-corrected chi connectivity index (χ1v) is 8.44. The van der Waals surface area contributed by atoms with Crippen molar-refractivity contribution in [1.29, 1.82) is 0 Å². The smallest absolute Gasteiger partial charge is 0.234 e. The number of benzene rings is 1. The van der Waals surface area contributed by atoms with Crippen molar-refractivity contribution in [2.45, 2.75) is 44.4 Å². The molecule has 0 radical (unpaired) electrons. The van der Waals surface area contributed by atoms with Gasteiger partial charge in [0, 0.05) is 6.42 Å². The molecule has 124 valence electrons. The molecule has 0 spiro atoms. The quantitative estimate of drug-likeness (QED) is 0.871. The number of nitrogens with zero attached hydrogens (tertiary/aromatic N) is 1. The molecule has 5 heteroatoms. The Labute approximate surface area is 136 Å². The van der Waals surface area contributed by atoms with E-state index in [9.17, 15) is 14.0 Å². The molecule has 2 fully saturated rings. The first kappa shape index (κ1) is 16.1. The SMILES string of the molecule is CCN1CCC(c2ccc(C3CCC(=O)NC3=O)cc2F)CC1. The number of halogens is 1. The maximum absolute atomic E-state index is 14.6. The average Bonchev–Trinajstić information content (AvgIpc) is 2.55. The van der Waals surface area contributed by atoms with E-state index >= 15 is 0 Å². The second-order valence-electron chi connectivity index (χ2n) is 6.49. The van der Waals surface area contributed by atoms with Gasteiger partial charge in [-0.25, -0.2) is 4.39 Å². The lowest BCUT2D eigenvalue weighted by Gasteiger charge is -2.31. The lowest BCUT2D eigenvalue weighted by Crippen LogP contribution is -2.39. The zero-order valence-electron chi connectivity index (χ0n) is 13.5. The van der Waals surface area contributed by atoms with Gasteiger partial charge in [-0.1, -0.05) is 19.1 Å². The molecule has 1 atom stereocenters. The number of carbonyl (C=O) groups is 2. The van der Waals surface area contributed by atoms with Gasteiger partial charge < -0.3 is 4.90 Å². The summed E-state index contributed by atoms with van der Waals surface area (Å²) in [7, 11) is 0. The number of nitrogens with one attached hydrogen (secondary N) is 1. The Balaban J connectivity index is 1.73. The van der Waals surface area contributed by atoms with Crippen LogP contribution in [-0.2, 0) is 9.59 Å². The standard InChI is InChI=1S/C18H23FN2O2/c1-2-21-9-7-12(8-10-21)14-4-3-13(11-16(14)19)15-5-6-17(22)20-18(15)23/h3-4,11-12,15H,2,5-10H2,1H3,(H,20,22,23). The molecular weight excluding hydrogens is 295 g/mol. The van der Waals surface area contributed by atoms with Gasteiger partial charge in [0.15, 0.2) is 0 Å². The maximum Gasteiger partial charge on any atom is 0.234 e. The van der Waals surface area contributed by atoms with Gasteiger partial charge in [0.25, 0.3) is 0 Å². The molecule has 2 aliphatic heterocycles. The van der Waals surface area contributed by atoms with E-state index < -0.39 is 5.92 Å². The fraction of sp³-hybridized carbons (Fsp3) is 0.556. The van der Waals surface area contributed by atoms with Gasteiger partial charge in [-0.15, -0.1) is 0 Å². The van der Waals surface area contributed by atoms with E-state index in [1.807, 2.05) is 12.1 Å². The van der Waals surface area contributed by atoms with E-state index in [2.05, 4.69) is 17.1 Å². The molecule has 4 nitrogen and oxygen atoms in total. The van der Waals surface area contributed by atoms with Crippen LogP contribution in [0.15, 0.2) is 18.2 Å². The summed E-state index contributed by atoms with van der Waals surface area (Å²) in [5, 5.41) is 2.33. The van der Waals surface area contributed by atoms with E-state index in [0.29, 0.717) is 18.4 Å².